The van der Waals surface area contributed by atoms with E-state index in [0.29, 0.717) is 24.3 Å². The number of benzene rings is 1. The summed E-state index contributed by atoms with van der Waals surface area (Å²) >= 11 is 1.65. The summed E-state index contributed by atoms with van der Waals surface area (Å²) in [4.78, 5) is 27.6. The number of carbonyl (C=O) groups excluding carboxylic acids is 1. The normalized spacial score (nSPS) is 14.7. The first-order valence-corrected chi connectivity index (χ1v) is 9.33. The summed E-state index contributed by atoms with van der Waals surface area (Å²) in [5, 5.41) is 12.1. The summed E-state index contributed by atoms with van der Waals surface area (Å²) in [6, 6.07) is 5.83. The molecule has 0 atom stereocenters. The molecule has 5 rings (SSSR count). The number of anilines is 2. The minimum atomic E-state index is -0.0976. The van der Waals surface area contributed by atoms with Gasteiger partial charge in [0.1, 0.15) is 6.33 Å². The van der Waals surface area contributed by atoms with Crippen molar-refractivity contribution in [3.8, 4) is 0 Å². The molecule has 1 aliphatic rings. The molecule has 27 heavy (non-hydrogen) atoms. The highest BCUT2D eigenvalue weighted by atomic mass is 32.1. The van der Waals surface area contributed by atoms with E-state index >= 15 is 0 Å². The van der Waals surface area contributed by atoms with Crippen molar-refractivity contribution in [1.29, 1.82) is 0 Å². The number of rotatable bonds is 3. The van der Waals surface area contributed by atoms with Gasteiger partial charge in [0.25, 0.3) is 0 Å². The lowest BCUT2D eigenvalue weighted by Crippen LogP contribution is -2.52. The fraction of sp³-hybridized carbons (Fsp3) is 0.294. The van der Waals surface area contributed by atoms with Crippen LogP contribution in [0.3, 0.4) is 0 Å². The molecule has 4 heterocycles. The van der Waals surface area contributed by atoms with Crippen molar-refractivity contribution in [3.63, 3.8) is 0 Å². The Bertz CT molecular complexity index is 1180. The van der Waals surface area contributed by atoms with E-state index in [4.69, 9.17) is 0 Å². The van der Waals surface area contributed by atoms with Crippen molar-refractivity contribution in [2.75, 3.05) is 23.3 Å². The maximum Gasteiger partial charge on any atom is 0.231 e. The Hall–Kier alpha value is -3.14. The van der Waals surface area contributed by atoms with E-state index in [2.05, 4.69) is 30.6 Å². The molecule has 0 saturated carbocycles. The molecule has 1 saturated heterocycles. The fourth-order valence-electron chi connectivity index (χ4n) is 3.25. The van der Waals surface area contributed by atoms with Crippen LogP contribution in [0, 0.1) is 12.8 Å². The van der Waals surface area contributed by atoms with Crippen LogP contribution in [0.1, 0.15) is 5.01 Å². The van der Waals surface area contributed by atoms with Gasteiger partial charge in [0.15, 0.2) is 17.0 Å². The Balaban J connectivity index is 1.28. The summed E-state index contributed by atoms with van der Waals surface area (Å²) in [5.41, 5.74) is 3.02. The highest BCUT2D eigenvalue weighted by Gasteiger charge is 2.35. The maximum atomic E-state index is 12.6. The number of thiazole rings is 1. The molecular formula is C17H16N8OS. The van der Waals surface area contributed by atoms with E-state index in [1.165, 1.54) is 6.33 Å². The van der Waals surface area contributed by atoms with Crippen LogP contribution in [0.2, 0.25) is 0 Å². The van der Waals surface area contributed by atoms with Crippen molar-refractivity contribution in [2.45, 2.75) is 6.92 Å². The van der Waals surface area contributed by atoms with Crippen LogP contribution < -0.4 is 10.2 Å². The first-order valence-electron chi connectivity index (χ1n) is 8.52. The second kappa shape index (κ2) is 5.95. The molecule has 1 aliphatic heterocycles. The van der Waals surface area contributed by atoms with Gasteiger partial charge in [-0.05, 0) is 25.1 Å². The number of nitrogens with zero attached hydrogens (tertiary/aromatic N) is 7. The molecule has 0 bridgehead atoms. The molecule has 1 aromatic carbocycles. The molecule has 4 aromatic rings. The SMILES string of the molecule is Cc1nc2cc(NC(=O)C3CN(c4ncnc5c4nnn5C)C3)ccc2s1. The third kappa shape index (κ3) is 2.69. The monoisotopic (exact) mass is 380 g/mol. The van der Waals surface area contributed by atoms with Gasteiger partial charge in [-0.1, -0.05) is 5.21 Å². The summed E-state index contributed by atoms with van der Waals surface area (Å²) in [6.07, 6.45) is 1.50. The van der Waals surface area contributed by atoms with Gasteiger partial charge in [-0.25, -0.2) is 19.6 Å². The van der Waals surface area contributed by atoms with Crippen molar-refractivity contribution in [2.24, 2.45) is 13.0 Å². The number of nitrogens with one attached hydrogen (secondary N) is 1. The van der Waals surface area contributed by atoms with Crippen LogP contribution in [0.5, 0.6) is 0 Å². The quantitative estimate of drug-likeness (QED) is 0.578. The third-order valence-electron chi connectivity index (χ3n) is 4.68. The van der Waals surface area contributed by atoms with Gasteiger partial charge in [-0.15, -0.1) is 16.4 Å². The molecule has 1 fully saturated rings. The van der Waals surface area contributed by atoms with E-state index in [-0.39, 0.29) is 11.8 Å². The van der Waals surface area contributed by atoms with Gasteiger partial charge >= 0.3 is 0 Å². The van der Waals surface area contributed by atoms with E-state index in [9.17, 15) is 4.79 Å². The van der Waals surface area contributed by atoms with Crippen LogP contribution in [0.15, 0.2) is 24.5 Å². The molecule has 0 spiro atoms. The number of aromatic nitrogens is 6. The van der Waals surface area contributed by atoms with Gasteiger partial charge in [0, 0.05) is 25.8 Å². The molecule has 9 nitrogen and oxygen atoms in total. The molecule has 1 N–H and O–H groups in total. The van der Waals surface area contributed by atoms with Crippen LogP contribution in [-0.2, 0) is 11.8 Å². The molecule has 3 aromatic heterocycles. The van der Waals surface area contributed by atoms with Crippen LogP contribution in [0.4, 0.5) is 11.5 Å². The Morgan fingerprint density at radius 3 is 3.00 bits per heavy atom. The summed E-state index contributed by atoms with van der Waals surface area (Å²) in [7, 11) is 1.79. The Morgan fingerprint density at radius 2 is 2.15 bits per heavy atom. The number of hydrogen-bond donors (Lipinski definition) is 1. The maximum absolute atomic E-state index is 12.6. The van der Waals surface area contributed by atoms with E-state index in [1.54, 1.807) is 23.1 Å². The van der Waals surface area contributed by atoms with Gasteiger partial charge in [-0.2, -0.15) is 0 Å². The van der Waals surface area contributed by atoms with Crippen LogP contribution >= 0.6 is 11.3 Å². The fourth-order valence-corrected chi connectivity index (χ4v) is 4.06. The van der Waals surface area contributed by atoms with Crippen molar-refractivity contribution >= 4 is 50.1 Å². The second-order valence-electron chi connectivity index (χ2n) is 6.59. The average Bonchev–Trinajstić information content (AvgIpc) is 3.16. The van der Waals surface area contributed by atoms with E-state index in [1.807, 2.05) is 30.0 Å². The number of fused-ring (bicyclic) bond motifs is 2. The highest BCUT2D eigenvalue weighted by molar-refractivity contribution is 7.18. The second-order valence-corrected chi connectivity index (χ2v) is 7.82. The van der Waals surface area contributed by atoms with Crippen molar-refractivity contribution < 1.29 is 4.79 Å². The number of carbonyl (C=O) groups is 1. The molecular weight excluding hydrogens is 364 g/mol. The van der Waals surface area contributed by atoms with Crippen LogP contribution in [-0.4, -0.2) is 48.9 Å². The summed E-state index contributed by atoms with van der Waals surface area (Å²) in [5.74, 6) is 0.623. The number of amides is 1. The molecule has 10 heteroatoms. The molecule has 1 amide bonds. The summed E-state index contributed by atoms with van der Waals surface area (Å²) < 4.78 is 2.73. The van der Waals surface area contributed by atoms with E-state index < -0.39 is 0 Å². The largest absolute Gasteiger partial charge is 0.353 e. The minimum Gasteiger partial charge on any atom is -0.353 e. The zero-order valence-corrected chi connectivity index (χ0v) is 15.6. The zero-order valence-electron chi connectivity index (χ0n) is 14.7. The first-order chi connectivity index (χ1) is 13.1. The van der Waals surface area contributed by atoms with Gasteiger partial charge in [0.05, 0.1) is 21.1 Å². The smallest absolute Gasteiger partial charge is 0.231 e. The minimum absolute atomic E-state index is 0.00185. The van der Waals surface area contributed by atoms with Gasteiger partial charge in [-0.3, -0.25) is 4.79 Å². The van der Waals surface area contributed by atoms with Gasteiger partial charge in [0.2, 0.25) is 5.91 Å². The van der Waals surface area contributed by atoms with E-state index in [0.717, 1.165) is 26.7 Å². The Morgan fingerprint density at radius 1 is 1.30 bits per heavy atom. The lowest BCUT2D eigenvalue weighted by molar-refractivity contribution is -0.120. The Labute approximate surface area is 158 Å². The molecule has 0 unspecified atom stereocenters. The molecule has 0 radical (unpaired) electrons. The summed E-state index contributed by atoms with van der Waals surface area (Å²) in [6.45, 7) is 3.16. The predicted molar refractivity (Wildman–Crippen MR) is 103 cm³/mol. The molecule has 0 aliphatic carbocycles. The number of hydrogen-bond acceptors (Lipinski definition) is 8. The third-order valence-corrected chi connectivity index (χ3v) is 5.63. The lowest BCUT2D eigenvalue weighted by atomic mass is 9.99. The lowest BCUT2D eigenvalue weighted by Gasteiger charge is -2.38. The topological polar surface area (TPSA) is 102 Å². The zero-order chi connectivity index (χ0) is 18.5. The first kappa shape index (κ1) is 16.1. The number of aryl methyl sites for hydroxylation is 2. The standard InChI is InChI=1S/C17H16N8OS/c1-9-20-12-5-11(3-4-13(12)27-9)21-17(26)10-6-25(7-10)16-14-15(18-8-19-16)24(2)23-22-14/h3-5,8,10H,6-7H2,1-2H3,(H,21,26). The van der Waals surface area contributed by atoms with Crippen molar-refractivity contribution in [3.05, 3.63) is 29.5 Å². The van der Waals surface area contributed by atoms with Gasteiger partial charge < -0.3 is 10.2 Å². The predicted octanol–water partition coefficient (Wildman–Crippen LogP) is 1.75. The van der Waals surface area contributed by atoms with Crippen LogP contribution in [0.25, 0.3) is 21.4 Å². The highest BCUT2D eigenvalue weighted by Crippen LogP contribution is 2.29. The Kier molecular flexibility index (Phi) is 3.54. The average molecular weight is 380 g/mol. The molecule has 136 valence electrons. The van der Waals surface area contributed by atoms with Crippen molar-refractivity contribution in [1.82, 2.24) is 29.9 Å².